The molecule has 4 atom stereocenters. The quantitative estimate of drug-likeness (QED) is 0.569. The maximum Gasteiger partial charge on any atom is 0.416 e. The molecule has 2 aliphatic heterocycles. The van der Waals surface area contributed by atoms with Crippen molar-refractivity contribution in [1.29, 1.82) is 0 Å². The molecule has 0 spiro atoms. The van der Waals surface area contributed by atoms with Crippen LogP contribution < -0.4 is 15.4 Å². The summed E-state index contributed by atoms with van der Waals surface area (Å²) in [5.74, 6) is -0.356. The summed E-state index contributed by atoms with van der Waals surface area (Å²) >= 11 is 5.95. The number of rotatable bonds is 5. The van der Waals surface area contributed by atoms with Crippen molar-refractivity contribution in [2.45, 2.75) is 56.3 Å². The predicted octanol–water partition coefficient (Wildman–Crippen LogP) is 3.52. The Morgan fingerprint density at radius 2 is 1.80 bits per heavy atom. The van der Waals surface area contributed by atoms with Gasteiger partial charge in [0.05, 0.1) is 24.3 Å². The maximum absolute atomic E-state index is 12.7. The average Bonchev–Trinajstić information content (AvgIpc) is 2.83. The van der Waals surface area contributed by atoms with Crippen LogP contribution in [-0.2, 0) is 27.0 Å². The van der Waals surface area contributed by atoms with Crippen LogP contribution in [0, 0.1) is 0 Å². The van der Waals surface area contributed by atoms with Crippen molar-refractivity contribution < 1.29 is 37.3 Å². The van der Waals surface area contributed by atoms with Gasteiger partial charge in [0, 0.05) is 23.6 Å². The van der Waals surface area contributed by atoms with E-state index in [1.165, 1.54) is 12.1 Å². The zero-order valence-electron chi connectivity index (χ0n) is 18.5. The Bertz CT molecular complexity index is 1070. The predicted molar refractivity (Wildman–Crippen MR) is 120 cm³/mol. The van der Waals surface area contributed by atoms with Crippen molar-refractivity contribution in [2.75, 3.05) is 6.61 Å². The lowest BCUT2D eigenvalue weighted by atomic mass is 9.98. The number of hydrogen-bond donors (Lipinski definition) is 3. The molecule has 2 aliphatic rings. The van der Waals surface area contributed by atoms with E-state index >= 15 is 0 Å². The topological polar surface area (TPSA) is 96.9 Å². The van der Waals surface area contributed by atoms with Crippen molar-refractivity contribution >= 4 is 23.4 Å². The van der Waals surface area contributed by atoms with E-state index in [1.54, 1.807) is 18.2 Å². The van der Waals surface area contributed by atoms with Crippen LogP contribution in [0.5, 0.6) is 5.75 Å². The number of aliphatic hydroxyl groups is 1. The molecule has 0 radical (unpaired) electrons. The van der Waals surface area contributed by atoms with Crippen LogP contribution in [0.4, 0.5) is 13.2 Å². The third kappa shape index (κ3) is 6.25. The highest BCUT2D eigenvalue weighted by Gasteiger charge is 2.35. The summed E-state index contributed by atoms with van der Waals surface area (Å²) < 4.78 is 49.3. The summed E-state index contributed by atoms with van der Waals surface area (Å²) in [5.41, 5.74) is 0.316. The lowest BCUT2D eigenvalue weighted by Crippen LogP contribution is -2.51. The molecule has 1 fully saturated rings. The van der Waals surface area contributed by atoms with Crippen LogP contribution in [0.2, 0.25) is 5.02 Å². The van der Waals surface area contributed by atoms with Gasteiger partial charge in [0.1, 0.15) is 11.9 Å². The number of fused-ring (bicyclic) bond motifs is 1. The Hall–Kier alpha value is -2.82. The second-order valence-electron chi connectivity index (χ2n) is 8.56. The van der Waals surface area contributed by atoms with Crippen molar-refractivity contribution in [1.82, 2.24) is 10.6 Å². The molecule has 3 N–H and O–H groups in total. The van der Waals surface area contributed by atoms with Crippen LogP contribution in [0.3, 0.4) is 0 Å². The molecule has 1 saturated heterocycles. The van der Waals surface area contributed by atoms with Gasteiger partial charge in [-0.1, -0.05) is 23.7 Å². The van der Waals surface area contributed by atoms with E-state index in [4.69, 9.17) is 21.1 Å². The van der Waals surface area contributed by atoms with E-state index in [-0.39, 0.29) is 37.4 Å². The Morgan fingerprint density at radius 3 is 2.46 bits per heavy atom. The van der Waals surface area contributed by atoms with E-state index in [0.717, 1.165) is 12.1 Å². The molecular weight excluding hydrogens is 489 g/mol. The molecule has 188 valence electrons. The van der Waals surface area contributed by atoms with Crippen LogP contribution >= 0.6 is 11.6 Å². The summed E-state index contributed by atoms with van der Waals surface area (Å²) in [4.78, 5) is 25.1. The monoisotopic (exact) mass is 512 g/mol. The minimum atomic E-state index is -4.41. The first-order valence-electron chi connectivity index (χ1n) is 11.1. The van der Waals surface area contributed by atoms with Crippen molar-refractivity contribution in [3.8, 4) is 5.75 Å². The number of amides is 2. The fraction of sp³-hybridized carbons (Fsp3) is 0.417. The van der Waals surface area contributed by atoms with Crippen LogP contribution in [0.1, 0.15) is 42.1 Å². The molecule has 2 aromatic rings. The molecule has 7 nitrogen and oxygen atoms in total. The van der Waals surface area contributed by atoms with Gasteiger partial charge >= 0.3 is 6.18 Å². The molecule has 0 saturated carbocycles. The van der Waals surface area contributed by atoms with E-state index in [2.05, 4.69) is 10.6 Å². The summed E-state index contributed by atoms with van der Waals surface area (Å²) in [6.07, 6.45) is -5.95. The summed E-state index contributed by atoms with van der Waals surface area (Å²) in [7, 11) is 0. The van der Waals surface area contributed by atoms with Gasteiger partial charge < -0.3 is 25.2 Å². The van der Waals surface area contributed by atoms with Gasteiger partial charge in [0.2, 0.25) is 5.91 Å². The highest BCUT2D eigenvalue weighted by molar-refractivity contribution is 6.30. The molecule has 2 heterocycles. The minimum Gasteiger partial charge on any atom is -0.480 e. The molecule has 2 aromatic carbocycles. The van der Waals surface area contributed by atoms with Crippen molar-refractivity contribution in [2.24, 2.45) is 0 Å². The minimum absolute atomic E-state index is 0.0744. The highest BCUT2D eigenvalue weighted by Crippen LogP contribution is 2.36. The van der Waals surface area contributed by atoms with Gasteiger partial charge in [-0.3, -0.25) is 9.59 Å². The van der Waals surface area contributed by atoms with E-state index in [9.17, 15) is 27.9 Å². The summed E-state index contributed by atoms with van der Waals surface area (Å²) in [6, 6.07) is 9.06. The Balaban J connectivity index is 1.22. The van der Waals surface area contributed by atoms with E-state index < -0.39 is 30.1 Å². The number of aliphatic hydroxyl groups excluding tert-OH is 1. The smallest absolute Gasteiger partial charge is 0.416 e. The second kappa shape index (κ2) is 10.4. The van der Waals surface area contributed by atoms with Gasteiger partial charge in [0.25, 0.3) is 5.91 Å². The summed E-state index contributed by atoms with van der Waals surface area (Å²) in [6.45, 7) is 0.191. The lowest BCUT2D eigenvalue weighted by molar-refractivity contribution is -0.139. The molecule has 4 rings (SSSR count). The highest BCUT2D eigenvalue weighted by atomic mass is 35.5. The third-order valence-electron chi connectivity index (χ3n) is 5.99. The molecule has 0 unspecified atom stereocenters. The third-order valence-corrected chi connectivity index (χ3v) is 6.23. The lowest BCUT2D eigenvalue weighted by Gasteiger charge is -2.32. The van der Waals surface area contributed by atoms with Crippen LogP contribution in [0.15, 0.2) is 42.5 Å². The molecular formula is C24H24ClF3N2O5. The number of halogens is 4. The van der Waals surface area contributed by atoms with Gasteiger partial charge in [-0.05, 0) is 48.7 Å². The van der Waals surface area contributed by atoms with Crippen molar-refractivity contribution in [3.63, 3.8) is 0 Å². The standard InChI is InChI=1S/C24H24ClF3N2O5/c25-15-5-7-19-17(9-15)18(31)10-21(35-19)23(33)30-16-6-8-20(34-12-16)22(32)29-11-13-1-3-14(4-2-13)24(26,27)28/h1-5,7,9,16,18,20-21,31H,6,8,10-12H2,(H,29,32)(H,30,33)/t16-,18-,20+,21-/m1/s1. The first-order valence-corrected chi connectivity index (χ1v) is 11.5. The largest absolute Gasteiger partial charge is 0.480 e. The average molecular weight is 513 g/mol. The van der Waals surface area contributed by atoms with Gasteiger partial charge in [-0.15, -0.1) is 0 Å². The molecule has 2 amide bonds. The zero-order chi connectivity index (χ0) is 25.2. The number of alkyl halides is 3. The van der Waals surface area contributed by atoms with Gasteiger partial charge in [0.15, 0.2) is 6.10 Å². The summed E-state index contributed by atoms with van der Waals surface area (Å²) in [5, 5.41) is 16.3. The number of carbonyl (C=O) groups excluding carboxylic acids is 2. The van der Waals surface area contributed by atoms with Crippen LogP contribution in [-0.4, -0.2) is 41.8 Å². The first kappa shape index (κ1) is 25.3. The normalized spacial score (nSPS) is 24.1. The van der Waals surface area contributed by atoms with Gasteiger partial charge in [-0.2, -0.15) is 13.2 Å². The van der Waals surface area contributed by atoms with E-state index in [0.29, 0.717) is 34.7 Å². The Labute approximate surface area is 204 Å². The number of hydrogen-bond acceptors (Lipinski definition) is 5. The molecule has 0 aliphatic carbocycles. The van der Waals surface area contributed by atoms with Gasteiger partial charge in [-0.25, -0.2) is 0 Å². The fourth-order valence-corrected chi connectivity index (χ4v) is 4.24. The number of nitrogens with one attached hydrogen (secondary N) is 2. The Morgan fingerprint density at radius 1 is 1.06 bits per heavy atom. The fourth-order valence-electron chi connectivity index (χ4n) is 4.06. The molecule has 11 heteroatoms. The number of ether oxygens (including phenoxy) is 2. The Kier molecular flexibility index (Phi) is 7.53. The van der Waals surface area contributed by atoms with E-state index in [1.807, 2.05) is 0 Å². The molecule has 35 heavy (non-hydrogen) atoms. The second-order valence-corrected chi connectivity index (χ2v) is 8.99. The SMILES string of the molecule is O=C(NCc1ccc(C(F)(F)F)cc1)[C@@H]1CC[C@@H](NC(=O)[C@H]2C[C@@H](O)c3cc(Cl)ccc3O2)CO1. The molecule has 0 bridgehead atoms. The van der Waals surface area contributed by atoms with Crippen LogP contribution in [0.25, 0.3) is 0 Å². The number of benzene rings is 2. The zero-order valence-corrected chi connectivity index (χ0v) is 19.2. The first-order chi connectivity index (χ1) is 16.6. The maximum atomic E-state index is 12.7. The number of carbonyl (C=O) groups is 2. The molecule has 0 aromatic heterocycles. The van der Waals surface area contributed by atoms with Crippen molar-refractivity contribution in [3.05, 3.63) is 64.2 Å².